The van der Waals surface area contributed by atoms with E-state index in [2.05, 4.69) is 20.9 Å². The predicted molar refractivity (Wildman–Crippen MR) is 48.9 cm³/mol. The minimum Gasteiger partial charge on any atom is -0.337 e. The number of hydrogen-bond donors (Lipinski definition) is 1. The van der Waals surface area contributed by atoms with Crippen LogP contribution in [-0.4, -0.2) is 20.1 Å². The summed E-state index contributed by atoms with van der Waals surface area (Å²) in [6.45, 7) is 7.58. The molecule has 66 valence electrons. The first-order chi connectivity index (χ1) is 5.10. The van der Waals surface area contributed by atoms with Crippen molar-refractivity contribution in [2.45, 2.75) is 39.5 Å². The summed E-state index contributed by atoms with van der Waals surface area (Å²) in [5.41, 5.74) is 0.626. The second-order valence-corrected chi connectivity index (χ2v) is 4.83. The third kappa shape index (κ3) is 3.24. The van der Waals surface area contributed by atoms with E-state index in [9.17, 15) is 0 Å². The van der Waals surface area contributed by atoms with Crippen LogP contribution in [0.5, 0.6) is 0 Å². The van der Waals surface area contributed by atoms with E-state index in [4.69, 9.17) is 0 Å². The van der Waals surface area contributed by atoms with Gasteiger partial charge in [0.1, 0.15) is 0 Å². The molecule has 1 heteroatoms. The molecule has 0 unspecified atom stereocenters. The van der Waals surface area contributed by atoms with Crippen molar-refractivity contribution in [3.8, 4) is 0 Å². The van der Waals surface area contributed by atoms with Crippen LogP contribution in [0.3, 0.4) is 0 Å². The fraction of sp³-hybridized carbons (Fsp3) is 1.00. The topological polar surface area (TPSA) is 4.44 Å². The van der Waals surface area contributed by atoms with Gasteiger partial charge in [0.05, 0.1) is 20.1 Å². The van der Waals surface area contributed by atoms with Gasteiger partial charge in [-0.15, -0.1) is 0 Å². The smallest absolute Gasteiger partial charge is 0.0769 e. The molecule has 0 aliphatic carbocycles. The van der Waals surface area contributed by atoms with E-state index in [0.717, 1.165) is 0 Å². The largest absolute Gasteiger partial charge is 0.337 e. The lowest BCUT2D eigenvalue weighted by Gasteiger charge is -2.28. The fourth-order valence-electron chi connectivity index (χ4n) is 1.99. The van der Waals surface area contributed by atoms with Gasteiger partial charge in [0.2, 0.25) is 0 Å². The maximum Gasteiger partial charge on any atom is 0.0769 e. The van der Waals surface area contributed by atoms with Gasteiger partial charge in [-0.05, 0) is 31.1 Å². The Labute approximate surface area is 70.8 Å². The van der Waals surface area contributed by atoms with Crippen LogP contribution in [0, 0.1) is 5.41 Å². The summed E-state index contributed by atoms with van der Waals surface area (Å²) in [4.78, 5) is 1.72. The summed E-state index contributed by atoms with van der Waals surface area (Å²) >= 11 is 0. The molecule has 1 rings (SSSR count). The van der Waals surface area contributed by atoms with Crippen LogP contribution in [0.4, 0.5) is 0 Å². The molecule has 1 fully saturated rings. The van der Waals surface area contributed by atoms with Crippen molar-refractivity contribution >= 4 is 0 Å². The van der Waals surface area contributed by atoms with Crippen molar-refractivity contribution in [3.63, 3.8) is 0 Å². The van der Waals surface area contributed by atoms with Crippen LogP contribution in [0.1, 0.15) is 39.5 Å². The Hall–Kier alpha value is -0.0400. The molecule has 0 radical (unpaired) electrons. The van der Waals surface area contributed by atoms with Gasteiger partial charge in [0, 0.05) is 0 Å². The average molecular weight is 156 g/mol. The second kappa shape index (κ2) is 3.57. The first-order valence-electron chi connectivity index (χ1n) is 4.91. The highest BCUT2D eigenvalue weighted by molar-refractivity contribution is 4.69. The van der Waals surface area contributed by atoms with E-state index in [0.29, 0.717) is 5.41 Å². The van der Waals surface area contributed by atoms with Crippen molar-refractivity contribution < 1.29 is 4.90 Å². The number of likely N-dealkylation sites (tertiary alicyclic amines) is 1. The minimum atomic E-state index is 0.626. The number of rotatable bonds is 0. The molecule has 11 heavy (non-hydrogen) atoms. The molecule has 1 nitrogen and oxygen atoms in total. The molecule has 0 amide bonds. The molecule has 0 aromatic rings. The molecular weight excluding hydrogens is 134 g/mol. The monoisotopic (exact) mass is 156 g/mol. The van der Waals surface area contributed by atoms with Gasteiger partial charge < -0.3 is 4.90 Å². The summed E-state index contributed by atoms with van der Waals surface area (Å²) in [5, 5.41) is 0. The predicted octanol–water partition coefficient (Wildman–Crippen LogP) is 1.10. The van der Waals surface area contributed by atoms with Crippen LogP contribution in [0.2, 0.25) is 0 Å². The Morgan fingerprint density at radius 3 is 1.91 bits per heavy atom. The van der Waals surface area contributed by atoms with Crippen LogP contribution < -0.4 is 4.90 Å². The third-order valence-electron chi connectivity index (χ3n) is 2.91. The van der Waals surface area contributed by atoms with E-state index in [-0.39, 0.29) is 0 Å². The molecule has 0 atom stereocenters. The lowest BCUT2D eigenvalue weighted by molar-refractivity contribution is -0.880. The summed E-state index contributed by atoms with van der Waals surface area (Å²) in [6, 6.07) is 0. The SMILES string of the molecule is C[NH+]1CCCC(C)(C)CCC1. The van der Waals surface area contributed by atoms with Gasteiger partial charge in [-0.2, -0.15) is 0 Å². The van der Waals surface area contributed by atoms with E-state index >= 15 is 0 Å². The standard InChI is InChI=1S/C10H21N/c1-10(2)6-4-8-11(3)9-5-7-10/h4-9H2,1-3H3/p+1. The molecule has 1 heterocycles. The van der Waals surface area contributed by atoms with E-state index in [1.807, 2.05) is 0 Å². The summed E-state index contributed by atoms with van der Waals surface area (Å²) in [7, 11) is 2.32. The zero-order valence-corrected chi connectivity index (χ0v) is 8.24. The fourth-order valence-corrected chi connectivity index (χ4v) is 1.99. The summed E-state index contributed by atoms with van der Waals surface area (Å²) < 4.78 is 0. The Balaban J connectivity index is 2.35. The van der Waals surface area contributed by atoms with Gasteiger partial charge >= 0.3 is 0 Å². The Kier molecular flexibility index (Phi) is 2.94. The van der Waals surface area contributed by atoms with Crippen molar-refractivity contribution in [3.05, 3.63) is 0 Å². The number of hydrogen-bond acceptors (Lipinski definition) is 0. The molecule has 1 N–H and O–H groups in total. The Bertz CT molecular complexity index is 106. The summed E-state index contributed by atoms with van der Waals surface area (Å²) in [6.07, 6.45) is 5.67. The van der Waals surface area contributed by atoms with Gasteiger partial charge in [-0.3, -0.25) is 0 Å². The van der Waals surface area contributed by atoms with Gasteiger partial charge in [-0.25, -0.2) is 0 Å². The third-order valence-corrected chi connectivity index (χ3v) is 2.91. The van der Waals surface area contributed by atoms with E-state index in [1.54, 1.807) is 4.90 Å². The maximum absolute atomic E-state index is 2.41. The first kappa shape index (κ1) is 9.05. The lowest BCUT2D eigenvalue weighted by atomic mass is 9.82. The molecule has 0 bridgehead atoms. The normalized spacial score (nSPS) is 27.5. The lowest BCUT2D eigenvalue weighted by Crippen LogP contribution is -3.09. The molecule has 0 aromatic heterocycles. The Morgan fingerprint density at radius 2 is 1.45 bits per heavy atom. The van der Waals surface area contributed by atoms with Crippen molar-refractivity contribution in [1.29, 1.82) is 0 Å². The van der Waals surface area contributed by atoms with Crippen LogP contribution in [0.25, 0.3) is 0 Å². The number of nitrogens with one attached hydrogen (secondary N) is 1. The van der Waals surface area contributed by atoms with Crippen molar-refractivity contribution in [1.82, 2.24) is 0 Å². The van der Waals surface area contributed by atoms with Crippen molar-refractivity contribution in [2.24, 2.45) is 5.41 Å². The molecule has 0 saturated carbocycles. The molecule has 1 saturated heterocycles. The average Bonchev–Trinajstić information content (AvgIpc) is 1.83. The zero-order chi connectivity index (χ0) is 8.32. The van der Waals surface area contributed by atoms with Gasteiger partial charge in [0.15, 0.2) is 0 Å². The molecule has 0 spiro atoms. The van der Waals surface area contributed by atoms with Gasteiger partial charge in [0.25, 0.3) is 0 Å². The molecule has 0 aromatic carbocycles. The summed E-state index contributed by atoms with van der Waals surface area (Å²) in [5.74, 6) is 0. The van der Waals surface area contributed by atoms with Gasteiger partial charge in [-0.1, -0.05) is 13.8 Å². The highest BCUT2D eigenvalue weighted by Crippen LogP contribution is 2.27. The van der Waals surface area contributed by atoms with Crippen LogP contribution in [-0.2, 0) is 0 Å². The molecule has 1 aliphatic rings. The second-order valence-electron chi connectivity index (χ2n) is 4.83. The number of quaternary nitrogens is 1. The quantitative estimate of drug-likeness (QED) is 0.536. The van der Waals surface area contributed by atoms with Crippen LogP contribution >= 0.6 is 0 Å². The molecule has 1 aliphatic heterocycles. The maximum atomic E-state index is 2.41. The Morgan fingerprint density at radius 1 is 1.00 bits per heavy atom. The van der Waals surface area contributed by atoms with Crippen LogP contribution in [0.15, 0.2) is 0 Å². The van der Waals surface area contributed by atoms with Crippen molar-refractivity contribution in [2.75, 3.05) is 20.1 Å². The van der Waals surface area contributed by atoms with E-state index in [1.165, 1.54) is 38.8 Å². The molecular formula is C10H22N+. The first-order valence-corrected chi connectivity index (χ1v) is 4.91. The minimum absolute atomic E-state index is 0.626. The highest BCUT2D eigenvalue weighted by Gasteiger charge is 2.20. The van der Waals surface area contributed by atoms with E-state index < -0.39 is 0 Å². The zero-order valence-electron chi connectivity index (χ0n) is 8.24. The highest BCUT2D eigenvalue weighted by atomic mass is 15.1.